The Morgan fingerprint density at radius 1 is 1.33 bits per heavy atom. The lowest BCUT2D eigenvalue weighted by Crippen LogP contribution is -2.39. The van der Waals surface area contributed by atoms with Gasteiger partial charge in [0.15, 0.2) is 9.84 Å². The highest BCUT2D eigenvalue weighted by Gasteiger charge is 2.42. The van der Waals surface area contributed by atoms with Crippen LogP contribution in [0.3, 0.4) is 0 Å². The fraction of sp³-hybridized carbons (Fsp3) is 0.579. The first-order chi connectivity index (χ1) is 12.8. The Morgan fingerprint density at radius 3 is 2.59 bits per heavy atom. The molecule has 2 aliphatic rings. The number of amides is 2. The number of likely N-dealkylation sites (tertiary alicyclic amines) is 1. The minimum Gasteiger partial charge on any atom is -0.497 e. The molecule has 2 fully saturated rings. The highest BCUT2D eigenvalue weighted by Crippen LogP contribution is 2.27. The largest absolute Gasteiger partial charge is 0.497 e. The third-order valence-corrected chi connectivity index (χ3v) is 7.17. The van der Waals surface area contributed by atoms with E-state index in [0.717, 1.165) is 17.7 Å². The van der Waals surface area contributed by atoms with Crippen LogP contribution >= 0.6 is 0 Å². The lowest BCUT2D eigenvalue weighted by Gasteiger charge is -2.24. The van der Waals surface area contributed by atoms with Crippen LogP contribution in [0.15, 0.2) is 24.3 Å². The summed E-state index contributed by atoms with van der Waals surface area (Å²) in [5, 5.41) is 3.03. The third kappa shape index (κ3) is 4.43. The lowest BCUT2D eigenvalue weighted by molar-refractivity contribution is -0.130. The van der Waals surface area contributed by atoms with Gasteiger partial charge in [0.2, 0.25) is 11.8 Å². The van der Waals surface area contributed by atoms with Crippen LogP contribution < -0.4 is 10.1 Å². The number of ether oxygens (including phenoxy) is 1. The first-order valence-electron chi connectivity index (χ1n) is 9.27. The van der Waals surface area contributed by atoms with Crippen molar-refractivity contribution in [2.75, 3.05) is 25.2 Å². The van der Waals surface area contributed by atoms with Crippen LogP contribution in [0.4, 0.5) is 0 Å². The second-order valence-electron chi connectivity index (χ2n) is 7.25. The second-order valence-corrected chi connectivity index (χ2v) is 9.48. The number of methoxy groups -OCH3 is 1. The van der Waals surface area contributed by atoms with Crippen LogP contribution in [0.2, 0.25) is 0 Å². The maximum Gasteiger partial charge on any atom is 0.225 e. The van der Waals surface area contributed by atoms with Gasteiger partial charge in [0.1, 0.15) is 5.75 Å². The maximum absolute atomic E-state index is 12.7. The molecular weight excluding hydrogens is 368 g/mol. The molecule has 148 valence electrons. The molecule has 3 rings (SSSR count). The zero-order valence-electron chi connectivity index (χ0n) is 15.7. The summed E-state index contributed by atoms with van der Waals surface area (Å²) in [6, 6.07) is 7.12. The van der Waals surface area contributed by atoms with E-state index in [9.17, 15) is 18.0 Å². The van der Waals surface area contributed by atoms with E-state index in [0.29, 0.717) is 13.0 Å². The van der Waals surface area contributed by atoms with Crippen molar-refractivity contribution < 1.29 is 22.7 Å². The van der Waals surface area contributed by atoms with E-state index in [1.165, 1.54) is 0 Å². The molecule has 2 amide bonds. The third-order valence-electron chi connectivity index (χ3n) is 5.42. The van der Waals surface area contributed by atoms with E-state index in [2.05, 4.69) is 5.32 Å². The SMILES string of the molecule is CCC(NC(=O)C1CC(=O)N(C2CCS(=O)(=O)C2)C1)c1ccc(OC)cc1. The molecule has 1 N–H and O–H groups in total. The summed E-state index contributed by atoms with van der Waals surface area (Å²) in [6.45, 7) is 2.29. The molecular formula is C19H26N2O5S. The van der Waals surface area contributed by atoms with Crippen molar-refractivity contribution >= 4 is 21.7 Å². The topological polar surface area (TPSA) is 92.8 Å². The number of carbonyl (C=O) groups is 2. The average Bonchev–Trinajstić information content (AvgIpc) is 3.21. The molecule has 27 heavy (non-hydrogen) atoms. The van der Waals surface area contributed by atoms with Crippen LogP contribution in [0, 0.1) is 5.92 Å². The number of nitrogens with one attached hydrogen (secondary N) is 1. The number of sulfone groups is 1. The molecule has 0 bridgehead atoms. The van der Waals surface area contributed by atoms with Crippen molar-refractivity contribution in [1.82, 2.24) is 10.2 Å². The molecule has 0 aliphatic carbocycles. The van der Waals surface area contributed by atoms with E-state index >= 15 is 0 Å². The summed E-state index contributed by atoms with van der Waals surface area (Å²) in [5.41, 5.74) is 0.981. The maximum atomic E-state index is 12.7. The molecule has 0 aromatic heterocycles. The average molecular weight is 394 g/mol. The molecule has 2 saturated heterocycles. The minimum absolute atomic E-state index is 0.0104. The molecule has 0 saturated carbocycles. The van der Waals surface area contributed by atoms with E-state index < -0.39 is 15.8 Å². The Kier molecular flexibility index (Phi) is 5.74. The van der Waals surface area contributed by atoms with Crippen LogP contribution in [0.25, 0.3) is 0 Å². The number of nitrogens with zero attached hydrogens (tertiary/aromatic N) is 1. The van der Waals surface area contributed by atoms with Gasteiger partial charge in [0, 0.05) is 19.0 Å². The number of benzene rings is 1. The monoisotopic (exact) mass is 394 g/mol. The van der Waals surface area contributed by atoms with E-state index in [-0.39, 0.29) is 41.8 Å². The van der Waals surface area contributed by atoms with Gasteiger partial charge in [0.05, 0.1) is 30.6 Å². The summed E-state index contributed by atoms with van der Waals surface area (Å²) in [4.78, 5) is 26.6. The van der Waals surface area contributed by atoms with Crippen molar-refractivity contribution in [3.8, 4) is 5.75 Å². The van der Waals surface area contributed by atoms with Gasteiger partial charge in [0.25, 0.3) is 0 Å². The van der Waals surface area contributed by atoms with Crippen molar-refractivity contribution in [3.63, 3.8) is 0 Å². The van der Waals surface area contributed by atoms with E-state index in [4.69, 9.17) is 4.74 Å². The van der Waals surface area contributed by atoms with Gasteiger partial charge in [-0.3, -0.25) is 9.59 Å². The zero-order valence-corrected chi connectivity index (χ0v) is 16.5. The van der Waals surface area contributed by atoms with Crippen LogP contribution in [0.1, 0.15) is 37.8 Å². The van der Waals surface area contributed by atoms with Gasteiger partial charge >= 0.3 is 0 Å². The van der Waals surface area contributed by atoms with Crippen LogP contribution in [-0.4, -0.2) is 56.3 Å². The lowest BCUT2D eigenvalue weighted by atomic mass is 10.0. The first kappa shape index (κ1) is 19.7. The molecule has 3 atom stereocenters. The molecule has 0 radical (unpaired) electrons. The Bertz CT molecular complexity index is 806. The quantitative estimate of drug-likeness (QED) is 0.785. The highest BCUT2D eigenvalue weighted by molar-refractivity contribution is 7.91. The van der Waals surface area contributed by atoms with Crippen molar-refractivity contribution in [3.05, 3.63) is 29.8 Å². The zero-order chi connectivity index (χ0) is 19.6. The normalized spacial score (nSPS) is 25.4. The predicted octanol–water partition coefficient (Wildman–Crippen LogP) is 1.30. The first-order valence-corrected chi connectivity index (χ1v) is 11.1. The summed E-state index contributed by atoms with van der Waals surface area (Å²) in [7, 11) is -1.46. The Balaban J connectivity index is 1.62. The fourth-order valence-electron chi connectivity index (χ4n) is 3.83. The standard InChI is InChI=1S/C19H26N2O5S/c1-3-17(13-4-6-16(26-2)7-5-13)20-19(23)14-10-18(22)21(11-14)15-8-9-27(24,25)12-15/h4-7,14-15,17H,3,8-12H2,1-2H3,(H,20,23). The molecule has 8 heteroatoms. The van der Waals surface area contributed by atoms with E-state index in [1.54, 1.807) is 12.0 Å². The smallest absolute Gasteiger partial charge is 0.225 e. The van der Waals surface area contributed by atoms with Crippen molar-refractivity contribution in [2.45, 2.75) is 38.3 Å². The van der Waals surface area contributed by atoms with Gasteiger partial charge in [-0.25, -0.2) is 8.42 Å². The molecule has 7 nitrogen and oxygen atoms in total. The number of hydrogen-bond donors (Lipinski definition) is 1. The predicted molar refractivity (Wildman–Crippen MR) is 101 cm³/mol. The molecule has 1 aromatic carbocycles. The Morgan fingerprint density at radius 2 is 2.04 bits per heavy atom. The van der Waals surface area contributed by atoms with Crippen molar-refractivity contribution in [1.29, 1.82) is 0 Å². The highest BCUT2D eigenvalue weighted by atomic mass is 32.2. The number of hydrogen-bond acceptors (Lipinski definition) is 5. The van der Waals surface area contributed by atoms with Gasteiger partial charge in [-0.15, -0.1) is 0 Å². The summed E-state index contributed by atoms with van der Waals surface area (Å²) < 4.78 is 28.5. The Labute approximate surface area is 160 Å². The van der Waals surface area contributed by atoms with Gasteiger partial charge in [-0.1, -0.05) is 19.1 Å². The number of rotatable bonds is 6. The molecule has 2 aliphatic heterocycles. The summed E-state index contributed by atoms with van der Waals surface area (Å²) >= 11 is 0. The van der Waals surface area contributed by atoms with E-state index in [1.807, 2.05) is 31.2 Å². The Hall–Kier alpha value is -2.09. The molecule has 1 aromatic rings. The summed E-state index contributed by atoms with van der Waals surface area (Å²) in [6.07, 6.45) is 1.33. The molecule has 0 spiro atoms. The molecule has 3 unspecified atom stereocenters. The number of carbonyl (C=O) groups excluding carboxylic acids is 2. The fourth-order valence-corrected chi connectivity index (χ4v) is 5.56. The van der Waals surface area contributed by atoms with Gasteiger partial charge in [-0.2, -0.15) is 0 Å². The van der Waals surface area contributed by atoms with Crippen LogP contribution in [0.5, 0.6) is 5.75 Å². The molecule has 2 heterocycles. The van der Waals surface area contributed by atoms with Gasteiger partial charge < -0.3 is 15.0 Å². The van der Waals surface area contributed by atoms with Gasteiger partial charge in [-0.05, 0) is 30.5 Å². The van der Waals surface area contributed by atoms with Crippen LogP contribution in [-0.2, 0) is 19.4 Å². The minimum atomic E-state index is -3.06. The second kappa shape index (κ2) is 7.88. The van der Waals surface area contributed by atoms with Crippen molar-refractivity contribution in [2.24, 2.45) is 5.92 Å². The summed E-state index contributed by atoms with van der Waals surface area (Å²) in [5.74, 6) is 0.158.